The number of thiol groups is 1. The number of ether oxygens (including phenoxy) is 1. The lowest BCUT2D eigenvalue weighted by atomic mass is 10.2. The fraction of sp³-hybridized carbons (Fsp3) is 0.500. The molecular weight excluding hydrogens is 277 g/mol. The fourth-order valence-electron chi connectivity index (χ4n) is 1.19. The van der Waals surface area contributed by atoms with E-state index in [1.807, 2.05) is 24.3 Å². The first kappa shape index (κ1) is 16.9. The van der Waals surface area contributed by atoms with Crippen molar-refractivity contribution in [1.82, 2.24) is 5.32 Å². The van der Waals surface area contributed by atoms with Crippen molar-refractivity contribution in [1.29, 1.82) is 0 Å². The van der Waals surface area contributed by atoms with E-state index in [4.69, 9.17) is 16.3 Å². The van der Waals surface area contributed by atoms with Crippen LogP contribution in [0.5, 0.6) is 5.75 Å². The number of hydrogen-bond donors (Lipinski definition) is 2. The molecular formula is C12H19Cl2NOS. The molecule has 0 aliphatic carbocycles. The van der Waals surface area contributed by atoms with Gasteiger partial charge >= 0.3 is 0 Å². The van der Waals surface area contributed by atoms with Gasteiger partial charge in [-0.25, -0.2) is 0 Å². The molecule has 98 valence electrons. The molecule has 0 bridgehead atoms. The zero-order valence-corrected chi connectivity index (χ0v) is 12.5. The Labute approximate surface area is 120 Å². The molecule has 1 rings (SSSR count). The summed E-state index contributed by atoms with van der Waals surface area (Å²) < 4.78 is 5.54. The molecule has 0 radical (unpaired) electrons. The Kier molecular flexibility index (Phi) is 8.05. The van der Waals surface area contributed by atoms with E-state index in [1.165, 1.54) is 0 Å². The van der Waals surface area contributed by atoms with Crippen molar-refractivity contribution in [2.45, 2.75) is 18.6 Å². The third-order valence-electron chi connectivity index (χ3n) is 1.90. The molecule has 1 N–H and O–H groups in total. The quantitative estimate of drug-likeness (QED) is 0.620. The number of hydrogen-bond acceptors (Lipinski definition) is 3. The highest BCUT2D eigenvalue weighted by molar-refractivity contribution is 7.81. The van der Waals surface area contributed by atoms with Gasteiger partial charge in [-0.1, -0.05) is 17.7 Å². The van der Waals surface area contributed by atoms with Gasteiger partial charge in [0.1, 0.15) is 12.4 Å². The smallest absolute Gasteiger partial charge is 0.120 e. The molecule has 0 spiro atoms. The second-order valence-electron chi connectivity index (χ2n) is 4.30. The van der Waals surface area contributed by atoms with Gasteiger partial charge in [0.2, 0.25) is 0 Å². The van der Waals surface area contributed by atoms with Crippen molar-refractivity contribution >= 4 is 36.6 Å². The van der Waals surface area contributed by atoms with Crippen LogP contribution in [0, 0.1) is 0 Å². The van der Waals surface area contributed by atoms with Crippen LogP contribution in [-0.4, -0.2) is 24.4 Å². The Balaban J connectivity index is 0.00000256. The van der Waals surface area contributed by atoms with Gasteiger partial charge in [-0.3, -0.25) is 0 Å². The van der Waals surface area contributed by atoms with Crippen molar-refractivity contribution in [3.8, 4) is 5.75 Å². The van der Waals surface area contributed by atoms with E-state index >= 15 is 0 Å². The third-order valence-corrected chi connectivity index (χ3v) is 2.29. The zero-order valence-electron chi connectivity index (χ0n) is 10.1. The van der Waals surface area contributed by atoms with E-state index in [9.17, 15) is 0 Å². The number of rotatable bonds is 6. The van der Waals surface area contributed by atoms with E-state index in [0.29, 0.717) is 11.6 Å². The molecule has 5 heteroatoms. The van der Waals surface area contributed by atoms with Crippen LogP contribution >= 0.6 is 36.6 Å². The molecule has 0 saturated heterocycles. The molecule has 2 nitrogen and oxygen atoms in total. The molecule has 0 fully saturated rings. The van der Waals surface area contributed by atoms with Crippen molar-refractivity contribution < 1.29 is 4.74 Å². The van der Waals surface area contributed by atoms with Crippen LogP contribution in [0.25, 0.3) is 0 Å². The molecule has 0 atom stereocenters. The summed E-state index contributed by atoms with van der Waals surface area (Å²) in [6, 6.07) is 7.41. The summed E-state index contributed by atoms with van der Waals surface area (Å²) in [6.07, 6.45) is 0. The Morgan fingerprint density at radius 1 is 1.41 bits per heavy atom. The minimum absolute atomic E-state index is 0. The van der Waals surface area contributed by atoms with E-state index in [2.05, 4.69) is 31.8 Å². The summed E-state index contributed by atoms with van der Waals surface area (Å²) in [5.41, 5.74) is 0. The standard InChI is InChI=1S/C12H18ClNOS.ClH/c1-12(2,16)9-14-6-7-15-11-5-3-4-10(13)8-11;/h3-5,8,14,16H,6-7,9H2,1-2H3;1H. The Hall–Kier alpha value is -0.0900. The Morgan fingerprint density at radius 3 is 2.71 bits per heavy atom. The first-order valence-electron chi connectivity index (χ1n) is 5.29. The summed E-state index contributed by atoms with van der Waals surface area (Å²) in [5, 5.41) is 3.97. The summed E-state index contributed by atoms with van der Waals surface area (Å²) in [5.74, 6) is 0.805. The van der Waals surface area contributed by atoms with Crippen LogP contribution in [0.4, 0.5) is 0 Å². The maximum absolute atomic E-state index is 5.84. The fourth-order valence-corrected chi connectivity index (χ4v) is 1.48. The normalized spacial score (nSPS) is 10.8. The lowest BCUT2D eigenvalue weighted by Crippen LogP contribution is -2.32. The molecule has 1 aromatic rings. The van der Waals surface area contributed by atoms with Crippen LogP contribution in [0.2, 0.25) is 5.02 Å². The summed E-state index contributed by atoms with van der Waals surface area (Å²) >= 11 is 10.3. The Bertz CT molecular complexity index is 329. The van der Waals surface area contributed by atoms with E-state index in [0.717, 1.165) is 18.8 Å². The third kappa shape index (κ3) is 8.61. The molecule has 17 heavy (non-hydrogen) atoms. The predicted molar refractivity (Wildman–Crippen MR) is 80.1 cm³/mol. The van der Waals surface area contributed by atoms with Crippen LogP contribution in [0.1, 0.15) is 13.8 Å². The molecule has 1 aromatic carbocycles. The van der Waals surface area contributed by atoms with Crippen molar-refractivity contribution in [2.24, 2.45) is 0 Å². The van der Waals surface area contributed by atoms with E-state index < -0.39 is 0 Å². The Morgan fingerprint density at radius 2 is 2.12 bits per heavy atom. The van der Waals surface area contributed by atoms with Gasteiger partial charge in [0, 0.05) is 22.9 Å². The van der Waals surface area contributed by atoms with Gasteiger partial charge in [-0.05, 0) is 32.0 Å². The van der Waals surface area contributed by atoms with Crippen LogP contribution < -0.4 is 10.1 Å². The van der Waals surface area contributed by atoms with E-state index in [-0.39, 0.29) is 17.2 Å². The average molecular weight is 296 g/mol. The lowest BCUT2D eigenvalue weighted by Gasteiger charge is -2.17. The van der Waals surface area contributed by atoms with Crippen LogP contribution in [0.3, 0.4) is 0 Å². The minimum Gasteiger partial charge on any atom is -0.492 e. The summed E-state index contributed by atoms with van der Waals surface area (Å²) in [7, 11) is 0. The minimum atomic E-state index is 0. The molecule has 0 saturated carbocycles. The highest BCUT2D eigenvalue weighted by Gasteiger charge is 2.09. The van der Waals surface area contributed by atoms with Gasteiger partial charge in [0.25, 0.3) is 0 Å². The van der Waals surface area contributed by atoms with Gasteiger partial charge < -0.3 is 10.1 Å². The van der Waals surface area contributed by atoms with Gasteiger partial charge in [0.15, 0.2) is 0 Å². The zero-order chi connectivity index (χ0) is 12.0. The molecule has 0 unspecified atom stereocenters. The lowest BCUT2D eigenvalue weighted by molar-refractivity contribution is 0.312. The van der Waals surface area contributed by atoms with Gasteiger partial charge in [0.05, 0.1) is 0 Å². The molecule has 0 aliphatic rings. The van der Waals surface area contributed by atoms with Crippen molar-refractivity contribution in [2.75, 3.05) is 19.7 Å². The average Bonchev–Trinajstić information content (AvgIpc) is 2.15. The van der Waals surface area contributed by atoms with Crippen LogP contribution in [0.15, 0.2) is 24.3 Å². The molecule has 0 heterocycles. The summed E-state index contributed by atoms with van der Waals surface area (Å²) in [4.78, 5) is 0. The topological polar surface area (TPSA) is 21.3 Å². The first-order valence-corrected chi connectivity index (χ1v) is 6.11. The van der Waals surface area contributed by atoms with Crippen LogP contribution in [-0.2, 0) is 0 Å². The van der Waals surface area contributed by atoms with E-state index in [1.54, 1.807) is 0 Å². The largest absolute Gasteiger partial charge is 0.492 e. The van der Waals surface area contributed by atoms with Crippen molar-refractivity contribution in [3.05, 3.63) is 29.3 Å². The number of nitrogens with one attached hydrogen (secondary N) is 1. The maximum atomic E-state index is 5.84. The molecule has 0 amide bonds. The van der Waals surface area contributed by atoms with Gasteiger partial charge in [-0.15, -0.1) is 12.4 Å². The molecule has 0 aliphatic heterocycles. The summed E-state index contributed by atoms with van der Waals surface area (Å²) in [6.45, 7) is 6.43. The predicted octanol–water partition coefficient (Wildman–Crippen LogP) is 3.44. The maximum Gasteiger partial charge on any atom is 0.120 e. The second-order valence-corrected chi connectivity index (χ2v) is 5.94. The number of halogens is 2. The highest BCUT2D eigenvalue weighted by atomic mass is 35.5. The molecule has 0 aromatic heterocycles. The van der Waals surface area contributed by atoms with Gasteiger partial charge in [-0.2, -0.15) is 12.6 Å². The highest BCUT2D eigenvalue weighted by Crippen LogP contribution is 2.16. The first-order chi connectivity index (χ1) is 7.47. The number of benzene rings is 1. The second kappa shape index (κ2) is 8.09. The van der Waals surface area contributed by atoms with Crippen molar-refractivity contribution in [3.63, 3.8) is 0 Å². The SMILES string of the molecule is CC(C)(S)CNCCOc1cccc(Cl)c1.Cl. The monoisotopic (exact) mass is 295 g/mol.